The number of ether oxygens (including phenoxy) is 1. The fraction of sp³-hybridized carbons (Fsp3) is 0.857. The van der Waals surface area contributed by atoms with Gasteiger partial charge in [0.05, 0.1) is 0 Å². The average Bonchev–Trinajstić information content (AvgIpc) is 2.86. The zero-order valence-corrected chi connectivity index (χ0v) is 15.0. The number of fused-ring (bicyclic) bond motifs is 5. The van der Waals surface area contributed by atoms with Crippen molar-refractivity contribution >= 4 is 5.97 Å². The number of hydrogen-bond donors (Lipinski definition) is 0. The molecule has 3 fully saturated rings. The molecular formula is C21H32O2. The minimum atomic E-state index is -0.0840. The van der Waals surface area contributed by atoms with E-state index in [1.54, 1.807) is 6.92 Å². The van der Waals surface area contributed by atoms with Crippen molar-refractivity contribution in [3.63, 3.8) is 0 Å². The van der Waals surface area contributed by atoms with Crippen molar-refractivity contribution in [2.45, 2.75) is 78.2 Å². The molecule has 0 aromatic rings. The lowest BCUT2D eigenvalue weighted by Crippen LogP contribution is -2.57. The minimum Gasteiger partial charge on any atom is -0.462 e. The first-order chi connectivity index (χ1) is 10.9. The summed E-state index contributed by atoms with van der Waals surface area (Å²) in [6.07, 6.45) is 15.5. The highest BCUT2D eigenvalue weighted by molar-refractivity contribution is 5.66. The van der Waals surface area contributed by atoms with Crippen molar-refractivity contribution in [1.29, 1.82) is 0 Å². The van der Waals surface area contributed by atoms with E-state index in [1.165, 1.54) is 44.9 Å². The fourth-order valence-corrected chi connectivity index (χ4v) is 7.24. The van der Waals surface area contributed by atoms with E-state index in [9.17, 15) is 4.79 Å². The van der Waals surface area contributed by atoms with Crippen LogP contribution in [-0.2, 0) is 9.53 Å². The van der Waals surface area contributed by atoms with Gasteiger partial charge < -0.3 is 4.74 Å². The van der Waals surface area contributed by atoms with Crippen molar-refractivity contribution in [2.75, 3.05) is 0 Å². The van der Waals surface area contributed by atoms with Crippen LogP contribution in [0.3, 0.4) is 0 Å². The standard InChI is InChI=1S/C21H32O2/c1-14(22)23-18-13-20(2)11-6-8-17(20)16-10-9-15-7-4-5-12-21(15,3)19(16)18/h5,12,15-19H,4,6-11,13H2,1-3H3/t15?,16-,17-,18?,19-,20-,21-/m0/s1. The van der Waals surface area contributed by atoms with Crippen LogP contribution in [0.15, 0.2) is 12.2 Å². The molecule has 23 heavy (non-hydrogen) atoms. The molecule has 0 amide bonds. The van der Waals surface area contributed by atoms with Crippen LogP contribution in [0.2, 0.25) is 0 Å². The largest absolute Gasteiger partial charge is 0.462 e. The molecule has 0 bridgehead atoms. The van der Waals surface area contributed by atoms with Gasteiger partial charge in [0.15, 0.2) is 0 Å². The summed E-state index contributed by atoms with van der Waals surface area (Å²) in [7, 11) is 0. The molecule has 7 atom stereocenters. The quantitative estimate of drug-likeness (QED) is 0.495. The molecule has 0 spiro atoms. The monoisotopic (exact) mass is 316 g/mol. The van der Waals surface area contributed by atoms with Gasteiger partial charge in [-0.3, -0.25) is 4.79 Å². The molecule has 4 aliphatic carbocycles. The second-order valence-electron chi connectivity index (χ2n) is 9.31. The maximum absolute atomic E-state index is 11.8. The molecule has 2 unspecified atom stereocenters. The van der Waals surface area contributed by atoms with Gasteiger partial charge >= 0.3 is 5.97 Å². The predicted octanol–water partition coefficient (Wildman–Crippen LogP) is 5.13. The summed E-state index contributed by atoms with van der Waals surface area (Å²) in [5, 5.41) is 0. The minimum absolute atomic E-state index is 0.0840. The van der Waals surface area contributed by atoms with Crippen LogP contribution in [0.4, 0.5) is 0 Å². The second-order valence-corrected chi connectivity index (χ2v) is 9.31. The Bertz CT molecular complexity index is 524. The van der Waals surface area contributed by atoms with Gasteiger partial charge in [-0.15, -0.1) is 0 Å². The Balaban J connectivity index is 1.74. The number of esters is 1. The second kappa shape index (κ2) is 5.36. The Labute approximate surface area is 141 Å². The third-order valence-electron chi connectivity index (χ3n) is 8.13. The number of carbonyl (C=O) groups excluding carboxylic acids is 1. The van der Waals surface area contributed by atoms with E-state index in [0.717, 1.165) is 24.2 Å². The van der Waals surface area contributed by atoms with E-state index < -0.39 is 0 Å². The van der Waals surface area contributed by atoms with Gasteiger partial charge in [-0.1, -0.05) is 32.4 Å². The third-order valence-corrected chi connectivity index (χ3v) is 8.13. The highest BCUT2D eigenvalue weighted by Gasteiger charge is 2.60. The fourth-order valence-electron chi connectivity index (χ4n) is 7.24. The molecule has 0 saturated heterocycles. The molecule has 0 aliphatic heterocycles. The lowest BCUT2D eigenvalue weighted by molar-refractivity contribution is -0.178. The molecule has 4 aliphatic rings. The molecule has 128 valence electrons. The normalized spacial score (nSPS) is 51.5. The lowest BCUT2D eigenvalue weighted by atomic mass is 9.46. The van der Waals surface area contributed by atoms with Crippen LogP contribution in [-0.4, -0.2) is 12.1 Å². The number of allylic oxidation sites excluding steroid dienone is 2. The van der Waals surface area contributed by atoms with Gasteiger partial charge in [0.25, 0.3) is 0 Å². The zero-order valence-electron chi connectivity index (χ0n) is 15.0. The van der Waals surface area contributed by atoms with Gasteiger partial charge in [0.1, 0.15) is 6.10 Å². The van der Waals surface area contributed by atoms with Gasteiger partial charge in [-0.25, -0.2) is 0 Å². The molecule has 0 heterocycles. The Hall–Kier alpha value is -0.790. The summed E-state index contributed by atoms with van der Waals surface area (Å²) in [5.41, 5.74) is 0.647. The highest BCUT2D eigenvalue weighted by Crippen LogP contribution is 2.65. The highest BCUT2D eigenvalue weighted by atomic mass is 16.5. The molecule has 4 rings (SSSR count). The first-order valence-electron chi connectivity index (χ1n) is 9.79. The van der Waals surface area contributed by atoms with Crippen LogP contribution in [0, 0.1) is 34.5 Å². The van der Waals surface area contributed by atoms with E-state index in [0.29, 0.717) is 11.3 Å². The maximum Gasteiger partial charge on any atom is 0.302 e. The van der Waals surface area contributed by atoms with Crippen molar-refractivity contribution in [2.24, 2.45) is 34.5 Å². The average molecular weight is 316 g/mol. The molecule has 0 aromatic heterocycles. The number of hydrogen-bond acceptors (Lipinski definition) is 2. The van der Waals surface area contributed by atoms with Crippen LogP contribution in [0.1, 0.15) is 72.1 Å². The van der Waals surface area contributed by atoms with E-state index in [1.807, 2.05) is 0 Å². The molecule has 0 N–H and O–H groups in total. The van der Waals surface area contributed by atoms with Crippen LogP contribution >= 0.6 is 0 Å². The Morgan fingerprint density at radius 2 is 2.00 bits per heavy atom. The van der Waals surface area contributed by atoms with Crippen molar-refractivity contribution < 1.29 is 9.53 Å². The van der Waals surface area contributed by atoms with Crippen LogP contribution in [0.25, 0.3) is 0 Å². The summed E-state index contributed by atoms with van der Waals surface area (Å²) in [6.45, 7) is 6.54. The topological polar surface area (TPSA) is 26.3 Å². The van der Waals surface area contributed by atoms with E-state index >= 15 is 0 Å². The Morgan fingerprint density at radius 3 is 2.78 bits per heavy atom. The van der Waals surface area contributed by atoms with Crippen molar-refractivity contribution in [3.8, 4) is 0 Å². The number of carbonyl (C=O) groups is 1. The first kappa shape index (κ1) is 15.7. The molecule has 2 heteroatoms. The summed E-state index contributed by atoms with van der Waals surface area (Å²) >= 11 is 0. The predicted molar refractivity (Wildman–Crippen MR) is 91.8 cm³/mol. The Kier molecular flexibility index (Phi) is 3.66. The SMILES string of the molecule is CC(=O)OC1C[C@]2(C)CCC[C@H]2[C@@H]2CCC3CCC=C[C@]3(C)[C@H]12. The van der Waals surface area contributed by atoms with Crippen molar-refractivity contribution in [3.05, 3.63) is 12.2 Å². The number of rotatable bonds is 1. The van der Waals surface area contributed by atoms with Gasteiger partial charge in [0, 0.05) is 12.8 Å². The van der Waals surface area contributed by atoms with Gasteiger partial charge in [-0.2, -0.15) is 0 Å². The zero-order chi connectivity index (χ0) is 16.2. The third kappa shape index (κ3) is 2.31. The smallest absolute Gasteiger partial charge is 0.302 e. The molecule has 2 nitrogen and oxygen atoms in total. The van der Waals surface area contributed by atoms with Crippen LogP contribution in [0.5, 0.6) is 0 Å². The molecular weight excluding hydrogens is 284 g/mol. The molecule has 3 saturated carbocycles. The van der Waals surface area contributed by atoms with E-state index in [4.69, 9.17) is 4.74 Å². The molecule has 0 radical (unpaired) electrons. The summed E-state index contributed by atoms with van der Waals surface area (Å²) in [4.78, 5) is 11.8. The lowest BCUT2D eigenvalue weighted by Gasteiger charge is -2.60. The van der Waals surface area contributed by atoms with Gasteiger partial charge in [0.2, 0.25) is 0 Å². The summed E-state index contributed by atoms with van der Waals surface area (Å²) in [6, 6.07) is 0. The van der Waals surface area contributed by atoms with E-state index in [-0.39, 0.29) is 17.5 Å². The summed E-state index contributed by atoms with van der Waals surface area (Å²) < 4.78 is 5.98. The van der Waals surface area contributed by atoms with Crippen LogP contribution < -0.4 is 0 Å². The van der Waals surface area contributed by atoms with E-state index in [2.05, 4.69) is 26.0 Å². The van der Waals surface area contributed by atoms with Crippen molar-refractivity contribution in [1.82, 2.24) is 0 Å². The Morgan fingerprint density at radius 1 is 1.17 bits per heavy atom. The first-order valence-corrected chi connectivity index (χ1v) is 9.79. The maximum atomic E-state index is 11.8. The molecule has 0 aromatic carbocycles. The van der Waals surface area contributed by atoms with Gasteiger partial charge in [-0.05, 0) is 73.5 Å². The summed E-state index contributed by atoms with van der Waals surface area (Å²) in [5.74, 6) is 2.85.